The number of rotatable bonds is 5. The highest BCUT2D eigenvalue weighted by molar-refractivity contribution is 5.84. The number of carbonyl (C=O) groups is 2. The number of nitrogens with zero attached hydrogens (tertiary/aromatic N) is 2. The van der Waals surface area contributed by atoms with E-state index in [4.69, 9.17) is 10.4 Å². The topological polar surface area (TPSA) is 115 Å². The summed E-state index contributed by atoms with van der Waals surface area (Å²) in [5, 5.41) is 22.0. The molecule has 0 atom stereocenters. The van der Waals surface area contributed by atoms with Crippen LogP contribution in [-0.4, -0.2) is 35.1 Å². The van der Waals surface area contributed by atoms with Gasteiger partial charge < -0.3 is 15.7 Å². The zero-order valence-corrected chi connectivity index (χ0v) is 9.73. The molecule has 3 N–H and O–H groups in total. The first-order valence-electron chi connectivity index (χ1n) is 5.12. The minimum atomic E-state index is -1.11. The summed E-state index contributed by atoms with van der Waals surface area (Å²) in [6, 6.07) is 5.11. The summed E-state index contributed by atoms with van der Waals surface area (Å²) in [5.41, 5.74) is 1.10. The van der Waals surface area contributed by atoms with Crippen LogP contribution in [-0.2, 0) is 9.59 Å². The molecule has 7 nitrogen and oxygen atoms in total. The lowest BCUT2D eigenvalue weighted by Gasteiger charge is -2.06. The fourth-order valence-corrected chi connectivity index (χ4v) is 1.23. The smallest absolute Gasteiger partial charge is 0.322 e. The molecule has 1 amide bonds. The summed E-state index contributed by atoms with van der Waals surface area (Å²) in [5.74, 6) is -1.17. The van der Waals surface area contributed by atoms with Crippen LogP contribution >= 0.6 is 0 Å². The first-order chi connectivity index (χ1) is 8.51. The molecule has 94 valence electrons. The number of nitriles is 1. The Morgan fingerprint density at radius 1 is 1.44 bits per heavy atom. The lowest BCUT2D eigenvalue weighted by molar-refractivity contribution is -0.137. The van der Waals surface area contributed by atoms with Crippen LogP contribution in [0, 0.1) is 18.3 Å². The molecule has 1 aromatic heterocycles. The molecular weight excluding hydrogens is 236 g/mol. The van der Waals surface area contributed by atoms with Crippen LogP contribution < -0.4 is 10.6 Å². The van der Waals surface area contributed by atoms with Crippen molar-refractivity contribution < 1.29 is 14.7 Å². The number of nitrogens with one attached hydrogen (secondary N) is 2. The maximum absolute atomic E-state index is 11.2. The highest BCUT2D eigenvalue weighted by Gasteiger charge is 2.05. The van der Waals surface area contributed by atoms with Gasteiger partial charge in [0.2, 0.25) is 5.91 Å². The molecule has 0 bridgehead atoms. The number of aliphatic carboxylic acids is 1. The summed E-state index contributed by atoms with van der Waals surface area (Å²) in [6.45, 7) is 1.20. The van der Waals surface area contributed by atoms with Gasteiger partial charge in [0.15, 0.2) is 0 Å². The maximum Gasteiger partial charge on any atom is 0.322 e. The number of carboxylic acid groups (broad SMARTS) is 1. The largest absolute Gasteiger partial charge is 0.480 e. The van der Waals surface area contributed by atoms with Gasteiger partial charge in [0.1, 0.15) is 12.4 Å². The fraction of sp³-hybridized carbons (Fsp3) is 0.273. The van der Waals surface area contributed by atoms with E-state index in [0.717, 1.165) is 0 Å². The standard InChI is InChI=1S/C11H12N4O3/c1-7-2-8(4-12)3-9(15-7)13-5-10(16)14-6-11(17)18/h2-3H,5-6H2,1H3,(H,13,15)(H,14,16)(H,17,18). The lowest BCUT2D eigenvalue weighted by Crippen LogP contribution is -2.34. The van der Waals surface area contributed by atoms with Crippen molar-refractivity contribution in [3.63, 3.8) is 0 Å². The third-order valence-corrected chi connectivity index (χ3v) is 1.95. The Morgan fingerprint density at radius 3 is 2.78 bits per heavy atom. The van der Waals surface area contributed by atoms with E-state index < -0.39 is 18.4 Å². The quantitative estimate of drug-likeness (QED) is 0.668. The number of aryl methyl sites for hydroxylation is 1. The molecule has 18 heavy (non-hydrogen) atoms. The Morgan fingerprint density at radius 2 is 2.17 bits per heavy atom. The van der Waals surface area contributed by atoms with Gasteiger partial charge in [0.05, 0.1) is 18.2 Å². The molecule has 1 rings (SSSR count). The van der Waals surface area contributed by atoms with Crippen LogP contribution in [0.25, 0.3) is 0 Å². The molecular formula is C11H12N4O3. The van der Waals surface area contributed by atoms with Gasteiger partial charge in [-0.05, 0) is 19.1 Å². The summed E-state index contributed by atoms with van der Waals surface area (Å²) in [6.07, 6.45) is 0. The van der Waals surface area contributed by atoms with Crippen LogP contribution in [0.4, 0.5) is 5.82 Å². The van der Waals surface area contributed by atoms with E-state index in [1.165, 1.54) is 6.07 Å². The Hall–Kier alpha value is -2.62. The minimum Gasteiger partial charge on any atom is -0.480 e. The molecule has 0 unspecified atom stereocenters. The second-order valence-electron chi connectivity index (χ2n) is 3.52. The number of pyridine rings is 1. The van der Waals surface area contributed by atoms with Crippen molar-refractivity contribution in [1.82, 2.24) is 10.3 Å². The molecule has 0 spiro atoms. The molecule has 0 saturated carbocycles. The van der Waals surface area contributed by atoms with E-state index in [0.29, 0.717) is 17.1 Å². The summed E-state index contributed by atoms with van der Waals surface area (Å²) in [7, 11) is 0. The average molecular weight is 248 g/mol. The second kappa shape index (κ2) is 6.20. The minimum absolute atomic E-state index is 0.103. The number of amides is 1. The van der Waals surface area contributed by atoms with Crippen LogP contribution in [0.5, 0.6) is 0 Å². The number of hydrogen-bond donors (Lipinski definition) is 3. The number of carbonyl (C=O) groups excluding carboxylic acids is 1. The van der Waals surface area contributed by atoms with Gasteiger partial charge in [0, 0.05) is 5.69 Å². The van der Waals surface area contributed by atoms with E-state index in [1.54, 1.807) is 13.0 Å². The molecule has 7 heteroatoms. The molecule has 0 fully saturated rings. The van der Waals surface area contributed by atoms with Crippen molar-refractivity contribution in [2.45, 2.75) is 6.92 Å². The van der Waals surface area contributed by atoms with E-state index in [2.05, 4.69) is 15.6 Å². The van der Waals surface area contributed by atoms with Gasteiger partial charge in [-0.3, -0.25) is 9.59 Å². The van der Waals surface area contributed by atoms with Crippen molar-refractivity contribution in [1.29, 1.82) is 5.26 Å². The van der Waals surface area contributed by atoms with Crippen LogP contribution in [0.3, 0.4) is 0 Å². The molecule has 0 aliphatic heterocycles. The SMILES string of the molecule is Cc1cc(C#N)cc(NCC(=O)NCC(=O)O)n1. The third-order valence-electron chi connectivity index (χ3n) is 1.95. The molecule has 0 aliphatic rings. The first-order valence-corrected chi connectivity index (χ1v) is 5.12. The predicted octanol–water partition coefficient (Wildman–Crippen LogP) is -0.126. The number of anilines is 1. The highest BCUT2D eigenvalue weighted by atomic mass is 16.4. The Balaban J connectivity index is 2.53. The van der Waals surface area contributed by atoms with Gasteiger partial charge in [-0.2, -0.15) is 5.26 Å². The Kier molecular flexibility index (Phi) is 4.63. The molecule has 1 heterocycles. The second-order valence-corrected chi connectivity index (χ2v) is 3.52. The summed E-state index contributed by atoms with van der Waals surface area (Å²) < 4.78 is 0. The van der Waals surface area contributed by atoms with E-state index >= 15 is 0 Å². The van der Waals surface area contributed by atoms with Gasteiger partial charge in [0.25, 0.3) is 0 Å². The molecule has 0 saturated heterocycles. The molecule has 1 aromatic rings. The number of carboxylic acids is 1. The molecule has 0 radical (unpaired) electrons. The van der Waals surface area contributed by atoms with Crippen LogP contribution in [0.2, 0.25) is 0 Å². The molecule has 0 aromatic carbocycles. The normalized spacial score (nSPS) is 9.33. The van der Waals surface area contributed by atoms with Crippen molar-refractivity contribution >= 4 is 17.7 Å². The predicted molar refractivity (Wildman–Crippen MR) is 62.8 cm³/mol. The Bertz CT molecular complexity index is 508. The van der Waals surface area contributed by atoms with Crippen molar-refractivity contribution in [3.8, 4) is 6.07 Å². The monoisotopic (exact) mass is 248 g/mol. The zero-order chi connectivity index (χ0) is 13.5. The van der Waals surface area contributed by atoms with Gasteiger partial charge >= 0.3 is 5.97 Å². The maximum atomic E-state index is 11.2. The van der Waals surface area contributed by atoms with Crippen molar-refractivity contribution in [3.05, 3.63) is 23.4 Å². The summed E-state index contributed by atoms with van der Waals surface area (Å²) in [4.78, 5) is 25.5. The van der Waals surface area contributed by atoms with Crippen LogP contribution in [0.15, 0.2) is 12.1 Å². The van der Waals surface area contributed by atoms with Gasteiger partial charge in [-0.25, -0.2) is 4.98 Å². The Labute approximate surface area is 103 Å². The zero-order valence-electron chi connectivity index (χ0n) is 9.73. The summed E-state index contributed by atoms with van der Waals surface area (Å²) >= 11 is 0. The average Bonchev–Trinajstić information content (AvgIpc) is 2.33. The first kappa shape index (κ1) is 13.4. The van der Waals surface area contributed by atoms with Crippen molar-refractivity contribution in [2.24, 2.45) is 0 Å². The van der Waals surface area contributed by atoms with E-state index in [1.807, 2.05) is 6.07 Å². The highest BCUT2D eigenvalue weighted by Crippen LogP contribution is 2.08. The number of hydrogen-bond acceptors (Lipinski definition) is 5. The van der Waals surface area contributed by atoms with E-state index in [9.17, 15) is 9.59 Å². The van der Waals surface area contributed by atoms with E-state index in [-0.39, 0.29) is 6.54 Å². The van der Waals surface area contributed by atoms with Crippen LogP contribution in [0.1, 0.15) is 11.3 Å². The van der Waals surface area contributed by atoms with Crippen molar-refractivity contribution in [2.75, 3.05) is 18.4 Å². The lowest BCUT2D eigenvalue weighted by atomic mass is 10.2. The fourth-order valence-electron chi connectivity index (χ4n) is 1.23. The number of aromatic nitrogens is 1. The van der Waals surface area contributed by atoms with Gasteiger partial charge in [-0.1, -0.05) is 0 Å². The third kappa shape index (κ3) is 4.49. The molecule has 0 aliphatic carbocycles. The van der Waals surface area contributed by atoms with Gasteiger partial charge in [-0.15, -0.1) is 0 Å².